The lowest BCUT2D eigenvalue weighted by Crippen LogP contribution is -2.39. The molecule has 0 fully saturated rings. The van der Waals surface area contributed by atoms with E-state index in [0.29, 0.717) is 19.5 Å². The molecule has 2 aliphatic rings. The van der Waals surface area contributed by atoms with Gasteiger partial charge in [0.05, 0.1) is 0 Å². The molecule has 0 saturated heterocycles. The Kier molecular flexibility index (Phi) is 6.07. The normalized spacial score (nSPS) is 14.6. The van der Waals surface area contributed by atoms with Gasteiger partial charge in [0.15, 0.2) is 17.5 Å². The molecule has 0 aromatic heterocycles. The van der Waals surface area contributed by atoms with Crippen LogP contribution in [0.15, 0.2) is 47.5 Å². The van der Waals surface area contributed by atoms with E-state index in [1.165, 1.54) is 11.1 Å². The van der Waals surface area contributed by atoms with Crippen molar-refractivity contribution in [1.82, 2.24) is 15.1 Å². The van der Waals surface area contributed by atoms with Crippen molar-refractivity contribution in [2.75, 3.05) is 27.4 Å². The highest BCUT2D eigenvalue weighted by atomic mass is 16.7. The number of guanidine groups is 1. The van der Waals surface area contributed by atoms with Gasteiger partial charge in [-0.25, -0.2) is 0 Å². The zero-order chi connectivity index (χ0) is 20.9. The number of carbonyl (C=O) groups excluding carboxylic acids is 1. The van der Waals surface area contributed by atoms with Crippen LogP contribution in [0, 0.1) is 0 Å². The Morgan fingerprint density at radius 3 is 2.60 bits per heavy atom. The van der Waals surface area contributed by atoms with Gasteiger partial charge in [-0.05, 0) is 35.2 Å². The molecule has 0 aliphatic carbocycles. The molecule has 0 bridgehead atoms. The SMILES string of the molecule is CN=C(NCCCC(=O)N1Cc2ccccc2C1)N(C)Cc1ccc2c(c1)OCO2. The van der Waals surface area contributed by atoms with Crippen molar-refractivity contribution in [3.63, 3.8) is 0 Å². The summed E-state index contributed by atoms with van der Waals surface area (Å²) in [7, 11) is 3.76. The molecule has 2 aromatic carbocycles. The van der Waals surface area contributed by atoms with E-state index in [9.17, 15) is 4.79 Å². The average molecular weight is 409 g/mol. The van der Waals surface area contributed by atoms with Crippen LogP contribution in [0.3, 0.4) is 0 Å². The number of carbonyl (C=O) groups is 1. The molecule has 2 heterocycles. The summed E-state index contributed by atoms with van der Waals surface area (Å²) in [5.41, 5.74) is 3.64. The van der Waals surface area contributed by atoms with Crippen molar-refractivity contribution in [1.29, 1.82) is 0 Å². The second kappa shape index (κ2) is 9.07. The summed E-state index contributed by atoms with van der Waals surface area (Å²) in [6.45, 7) is 3.12. The van der Waals surface area contributed by atoms with Gasteiger partial charge in [-0.2, -0.15) is 0 Å². The van der Waals surface area contributed by atoms with E-state index < -0.39 is 0 Å². The van der Waals surface area contributed by atoms with Gasteiger partial charge in [0.2, 0.25) is 12.7 Å². The van der Waals surface area contributed by atoms with Crippen molar-refractivity contribution in [2.45, 2.75) is 32.5 Å². The zero-order valence-electron chi connectivity index (χ0n) is 17.6. The molecule has 30 heavy (non-hydrogen) atoms. The summed E-state index contributed by atoms with van der Waals surface area (Å²) in [6.07, 6.45) is 1.30. The summed E-state index contributed by atoms with van der Waals surface area (Å²) in [5, 5.41) is 3.35. The third kappa shape index (κ3) is 4.50. The number of nitrogens with zero attached hydrogens (tertiary/aromatic N) is 3. The van der Waals surface area contributed by atoms with Gasteiger partial charge in [-0.15, -0.1) is 0 Å². The first-order chi connectivity index (χ1) is 14.6. The van der Waals surface area contributed by atoms with Crippen LogP contribution in [0.5, 0.6) is 11.5 Å². The van der Waals surface area contributed by atoms with Gasteiger partial charge in [0.1, 0.15) is 0 Å². The molecule has 0 saturated carbocycles. The fraction of sp³-hybridized carbons (Fsp3) is 0.391. The first kappa shape index (κ1) is 20.1. The van der Waals surface area contributed by atoms with Crippen LogP contribution in [0.4, 0.5) is 0 Å². The quantitative estimate of drug-likeness (QED) is 0.452. The van der Waals surface area contributed by atoms with Crippen molar-refractivity contribution in [3.8, 4) is 11.5 Å². The van der Waals surface area contributed by atoms with Crippen LogP contribution < -0.4 is 14.8 Å². The van der Waals surface area contributed by atoms with E-state index in [0.717, 1.165) is 42.5 Å². The molecule has 0 unspecified atom stereocenters. The molecule has 0 radical (unpaired) electrons. The molecule has 1 amide bonds. The Morgan fingerprint density at radius 1 is 1.13 bits per heavy atom. The molecule has 7 nitrogen and oxygen atoms in total. The molecular weight excluding hydrogens is 380 g/mol. The smallest absolute Gasteiger partial charge is 0.231 e. The lowest BCUT2D eigenvalue weighted by molar-refractivity contribution is -0.131. The zero-order valence-corrected chi connectivity index (χ0v) is 17.6. The molecule has 2 aliphatic heterocycles. The van der Waals surface area contributed by atoms with Crippen molar-refractivity contribution >= 4 is 11.9 Å². The molecular formula is C23H28N4O3. The highest BCUT2D eigenvalue weighted by molar-refractivity contribution is 5.80. The Labute approximate surface area is 177 Å². The van der Waals surface area contributed by atoms with Crippen molar-refractivity contribution < 1.29 is 14.3 Å². The Morgan fingerprint density at radius 2 is 1.87 bits per heavy atom. The first-order valence-electron chi connectivity index (χ1n) is 10.3. The van der Waals surface area contributed by atoms with Crippen LogP contribution in [0.2, 0.25) is 0 Å². The lowest BCUT2D eigenvalue weighted by Gasteiger charge is -2.22. The number of fused-ring (bicyclic) bond motifs is 2. The third-order valence-corrected chi connectivity index (χ3v) is 5.47. The van der Waals surface area contributed by atoms with Gasteiger partial charge in [0.25, 0.3) is 0 Å². The molecule has 0 atom stereocenters. The average Bonchev–Trinajstić information content (AvgIpc) is 3.40. The number of nitrogens with one attached hydrogen (secondary N) is 1. The first-order valence-corrected chi connectivity index (χ1v) is 10.3. The highest BCUT2D eigenvalue weighted by Gasteiger charge is 2.22. The molecule has 7 heteroatoms. The molecule has 0 spiro atoms. The summed E-state index contributed by atoms with van der Waals surface area (Å²) < 4.78 is 10.8. The fourth-order valence-electron chi connectivity index (χ4n) is 3.88. The van der Waals surface area contributed by atoms with E-state index in [-0.39, 0.29) is 12.7 Å². The maximum Gasteiger partial charge on any atom is 0.231 e. The minimum Gasteiger partial charge on any atom is -0.454 e. The maximum absolute atomic E-state index is 12.5. The number of hydrogen-bond acceptors (Lipinski definition) is 4. The number of rotatable bonds is 6. The van der Waals surface area contributed by atoms with Gasteiger partial charge >= 0.3 is 0 Å². The van der Waals surface area contributed by atoms with Crippen LogP contribution >= 0.6 is 0 Å². The van der Waals surface area contributed by atoms with Crippen LogP contribution in [-0.2, 0) is 24.4 Å². The Bertz CT molecular complexity index is 919. The van der Waals surface area contributed by atoms with E-state index in [4.69, 9.17) is 9.47 Å². The molecule has 4 rings (SSSR count). The minimum atomic E-state index is 0.205. The maximum atomic E-state index is 12.5. The van der Waals surface area contributed by atoms with Gasteiger partial charge in [-0.3, -0.25) is 9.79 Å². The predicted octanol–water partition coefficient (Wildman–Crippen LogP) is 2.75. The van der Waals surface area contributed by atoms with Crippen LogP contribution in [-0.4, -0.2) is 49.1 Å². The number of aliphatic imine (C=N–C) groups is 1. The van der Waals surface area contributed by atoms with Gasteiger partial charge < -0.3 is 24.6 Å². The highest BCUT2D eigenvalue weighted by Crippen LogP contribution is 2.32. The second-order valence-corrected chi connectivity index (χ2v) is 7.64. The molecule has 1 N–H and O–H groups in total. The number of hydrogen-bond donors (Lipinski definition) is 1. The molecule has 2 aromatic rings. The predicted molar refractivity (Wildman–Crippen MR) is 115 cm³/mol. The minimum absolute atomic E-state index is 0.205. The summed E-state index contributed by atoms with van der Waals surface area (Å²) in [5.74, 6) is 2.58. The van der Waals surface area contributed by atoms with Crippen molar-refractivity contribution in [2.24, 2.45) is 4.99 Å². The monoisotopic (exact) mass is 408 g/mol. The van der Waals surface area contributed by atoms with Gasteiger partial charge in [-0.1, -0.05) is 30.3 Å². The summed E-state index contributed by atoms with van der Waals surface area (Å²) >= 11 is 0. The van der Waals surface area contributed by atoms with Crippen LogP contribution in [0.25, 0.3) is 0 Å². The standard InChI is InChI=1S/C23H28N4O3/c1-24-23(26(2)13-17-9-10-20-21(12-17)30-16-29-20)25-11-5-8-22(28)27-14-18-6-3-4-7-19(18)15-27/h3-4,6-7,9-10,12H,5,8,11,13-16H2,1-2H3,(H,24,25). The Hall–Kier alpha value is -3.22. The largest absolute Gasteiger partial charge is 0.454 e. The van der Waals surface area contributed by atoms with E-state index in [2.05, 4.69) is 27.3 Å². The summed E-state index contributed by atoms with van der Waals surface area (Å²) in [4.78, 5) is 20.9. The van der Waals surface area contributed by atoms with E-state index in [1.807, 2.05) is 42.3 Å². The lowest BCUT2D eigenvalue weighted by atomic mass is 10.1. The third-order valence-electron chi connectivity index (χ3n) is 5.47. The number of ether oxygens (including phenoxy) is 2. The summed E-state index contributed by atoms with van der Waals surface area (Å²) in [6, 6.07) is 14.2. The number of benzene rings is 2. The van der Waals surface area contributed by atoms with Crippen molar-refractivity contribution in [3.05, 3.63) is 59.2 Å². The Balaban J connectivity index is 1.20. The topological polar surface area (TPSA) is 66.4 Å². The molecule has 158 valence electrons. The number of amides is 1. The van der Waals surface area contributed by atoms with Gasteiger partial charge in [0, 0.05) is 46.7 Å². The fourth-order valence-corrected chi connectivity index (χ4v) is 3.88. The van der Waals surface area contributed by atoms with E-state index in [1.54, 1.807) is 7.05 Å². The van der Waals surface area contributed by atoms with E-state index >= 15 is 0 Å². The van der Waals surface area contributed by atoms with Crippen LogP contribution in [0.1, 0.15) is 29.5 Å². The second-order valence-electron chi connectivity index (χ2n) is 7.64.